The highest BCUT2D eigenvalue weighted by molar-refractivity contribution is 5.76. The molecular formula is C72H137NO5. The average Bonchev–Trinajstić information content (AvgIpc) is 3.44. The van der Waals surface area contributed by atoms with Gasteiger partial charge in [0.1, 0.15) is 0 Å². The van der Waals surface area contributed by atoms with Crippen molar-refractivity contribution in [3.05, 3.63) is 36.5 Å². The van der Waals surface area contributed by atoms with Crippen LogP contribution in [0.5, 0.6) is 0 Å². The number of aliphatic hydroxyl groups excluding tert-OH is 2. The van der Waals surface area contributed by atoms with Crippen molar-refractivity contribution in [1.29, 1.82) is 0 Å². The number of aliphatic hydroxyl groups is 2. The zero-order chi connectivity index (χ0) is 56.4. The van der Waals surface area contributed by atoms with Gasteiger partial charge in [-0.05, 0) is 77.0 Å². The third-order valence-electron chi connectivity index (χ3n) is 16.4. The van der Waals surface area contributed by atoms with Gasteiger partial charge in [0.2, 0.25) is 5.91 Å². The molecule has 2 unspecified atom stereocenters. The maximum atomic E-state index is 12.5. The quantitative estimate of drug-likeness (QED) is 0.0320. The molecule has 0 aromatic heterocycles. The average molecular weight is 1100 g/mol. The van der Waals surface area contributed by atoms with Gasteiger partial charge in [0, 0.05) is 12.8 Å². The number of ether oxygens (including phenoxy) is 1. The van der Waals surface area contributed by atoms with Crippen LogP contribution < -0.4 is 5.32 Å². The molecule has 78 heavy (non-hydrogen) atoms. The lowest BCUT2D eigenvalue weighted by atomic mass is 10.0. The Bertz CT molecular complexity index is 1260. The number of carbonyl (C=O) groups excluding carboxylic acids is 2. The second-order valence-corrected chi connectivity index (χ2v) is 24.2. The van der Waals surface area contributed by atoms with Crippen LogP contribution in [0.1, 0.15) is 386 Å². The van der Waals surface area contributed by atoms with Crippen LogP contribution in [-0.2, 0) is 14.3 Å². The first-order valence-corrected chi connectivity index (χ1v) is 35.3. The molecule has 1 amide bonds. The topological polar surface area (TPSA) is 95.9 Å². The van der Waals surface area contributed by atoms with Crippen LogP contribution >= 0.6 is 0 Å². The molecule has 0 aliphatic rings. The first-order valence-electron chi connectivity index (χ1n) is 35.3. The van der Waals surface area contributed by atoms with Gasteiger partial charge in [-0.15, -0.1) is 0 Å². The maximum Gasteiger partial charge on any atom is 0.305 e. The number of hydrogen-bond donors (Lipinski definition) is 3. The van der Waals surface area contributed by atoms with E-state index >= 15 is 0 Å². The van der Waals surface area contributed by atoms with Crippen molar-refractivity contribution in [2.24, 2.45) is 0 Å². The number of esters is 1. The summed E-state index contributed by atoms with van der Waals surface area (Å²) in [6.07, 6.45) is 86.6. The Morgan fingerprint density at radius 3 is 0.949 bits per heavy atom. The molecule has 6 heteroatoms. The summed E-state index contributed by atoms with van der Waals surface area (Å²) in [5.41, 5.74) is 0. The zero-order valence-corrected chi connectivity index (χ0v) is 52.7. The number of rotatable bonds is 66. The van der Waals surface area contributed by atoms with E-state index in [0.717, 1.165) is 44.9 Å². The summed E-state index contributed by atoms with van der Waals surface area (Å²) < 4.78 is 5.47. The van der Waals surface area contributed by atoms with Crippen molar-refractivity contribution in [1.82, 2.24) is 5.32 Å². The highest BCUT2D eigenvalue weighted by Crippen LogP contribution is 2.18. The Kier molecular flexibility index (Phi) is 65.9. The van der Waals surface area contributed by atoms with Crippen LogP contribution in [-0.4, -0.2) is 47.4 Å². The molecule has 0 spiro atoms. The third-order valence-corrected chi connectivity index (χ3v) is 16.4. The van der Waals surface area contributed by atoms with E-state index in [1.54, 1.807) is 6.08 Å². The number of amides is 1. The number of nitrogens with one attached hydrogen (secondary N) is 1. The lowest BCUT2D eigenvalue weighted by molar-refractivity contribution is -0.143. The second kappa shape index (κ2) is 67.6. The van der Waals surface area contributed by atoms with Gasteiger partial charge in [0.15, 0.2) is 0 Å². The van der Waals surface area contributed by atoms with Gasteiger partial charge in [0.05, 0.1) is 25.4 Å². The molecule has 0 radical (unpaired) electrons. The van der Waals surface area contributed by atoms with Crippen LogP contribution in [0.3, 0.4) is 0 Å². The first-order chi connectivity index (χ1) is 38.5. The molecule has 0 bridgehead atoms. The molecule has 0 saturated heterocycles. The van der Waals surface area contributed by atoms with Crippen molar-refractivity contribution in [3.63, 3.8) is 0 Å². The van der Waals surface area contributed by atoms with E-state index in [4.69, 9.17) is 4.74 Å². The Hall–Kier alpha value is -1.92. The first kappa shape index (κ1) is 76.1. The van der Waals surface area contributed by atoms with Crippen LogP contribution in [0, 0.1) is 0 Å². The maximum absolute atomic E-state index is 12.5. The molecule has 0 aromatic rings. The Morgan fingerprint density at radius 1 is 0.346 bits per heavy atom. The second-order valence-electron chi connectivity index (χ2n) is 24.2. The summed E-state index contributed by atoms with van der Waals surface area (Å²) in [6, 6.07) is -0.626. The third kappa shape index (κ3) is 63.3. The van der Waals surface area contributed by atoms with E-state index in [1.807, 2.05) is 6.08 Å². The molecule has 0 fully saturated rings. The van der Waals surface area contributed by atoms with E-state index in [9.17, 15) is 19.8 Å². The number of carbonyl (C=O) groups is 2. The molecule has 0 aliphatic carbocycles. The van der Waals surface area contributed by atoms with Gasteiger partial charge >= 0.3 is 5.97 Å². The summed E-state index contributed by atoms with van der Waals surface area (Å²) in [6.45, 7) is 4.90. The number of hydrogen-bond acceptors (Lipinski definition) is 5. The Morgan fingerprint density at radius 2 is 0.615 bits per heavy atom. The van der Waals surface area contributed by atoms with Gasteiger partial charge in [-0.2, -0.15) is 0 Å². The van der Waals surface area contributed by atoms with Crippen molar-refractivity contribution >= 4 is 11.9 Å². The van der Waals surface area contributed by atoms with Crippen molar-refractivity contribution in [2.45, 2.75) is 398 Å². The molecule has 3 N–H and O–H groups in total. The summed E-state index contributed by atoms with van der Waals surface area (Å²) in [4.78, 5) is 24.5. The fourth-order valence-corrected chi connectivity index (χ4v) is 11.0. The van der Waals surface area contributed by atoms with E-state index in [2.05, 4.69) is 43.5 Å². The molecule has 2 atom stereocenters. The van der Waals surface area contributed by atoms with Gasteiger partial charge in [-0.1, -0.05) is 333 Å². The van der Waals surface area contributed by atoms with Crippen LogP contribution in [0.2, 0.25) is 0 Å². The fraction of sp³-hybridized carbons (Fsp3) is 0.889. The van der Waals surface area contributed by atoms with Gasteiger partial charge in [0.25, 0.3) is 0 Å². The van der Waals surface area contributed by atoms with Crippen molar-refractivity contribution < 1.29 is 24.5 Å². The molecule has 0 heterocycles. The lowest BCUT2D eigenvalue weighted by Crippen LogP contribution is -2.45. The molecule has 0 saturated carbocycles. The van der Waals surface area contributed by atoms with E-state index < -0.39 is 12.1 Å². The minimum Gasteiger partial charge on any atom is -0.466 e. The van der Waals surface area contributed by atoms with E-state index in [0.29, 0.717) is 19.4 Å². The molecule has 0 rings (SSSR count). The van der Waals surface area contributed by atoms with E-state index in [-0.39, 0.29) is 18.5 Å². The van der Waals surface area contributed by atoms with Crippen molar-refractivity contribution in [3.8, 4) is 0 Å². The Balaban J connectivity index is 3.38. The summed E-state index contributed by atoms with van der Waals surface area (Å²) in [5, 5.41) is 23.2. The number of unbranched alkanes of at least 4 members (excludes halogenated alkanes) is 51. The number of allylic oxidation sites excluding steroid dienone is 5. The molecule has 6 nitrogen and oxygen atoms in total. The highest BCUT2D eigenvalue weighted by atomic mass is 16.5. The van der Waals surface area contributed by atoms with Crippen molar-refractivity contribution in [2.75, 3.05) is 13.2 Å². The van der Waals surface area contributed by atoms with E-state index in [1.165, 1.54) is 315 Å². The minimum absolute atomic E-state index is 0.00700. The molecule has 0 aromatic carbocycles. The van der Waals surface area contributed by atoms with Gasteiger partial charge in [-0.25, -0.2) is 0 Å². The smallest absolute Gasteiger partial charge is 0.305 e. The van der Waals surface area contributed by atoms with Crippen LogP contribution in [0.15, 0.2) is 36.5 Å². The van der Waals surface area contributed by atoms with Gasteiger partial charge < -0.3 is 20.3 Å². The predicted molar refractivity (Wildman–Crippen MR) is 343 cm³/mol. The summed E-state index contributed by atoms with van der Waals surface area (Å²) >= 11 is 0. The molecule has 460 valence electrons. The summed E-state index contributed by atoms with van der Waals surface area (Å²) in [5.74, 6) is -0.0553. The molecular weight excluding hydrogens is 959 g/mol. The Labute approximate surface area is 487 Å². The summed E-state index contributed by atoms with van der Waals surface area (Å²) in [7, 11) is 0. The SMILES string of the molecule is CCCC/C=C\CCCCCCCC(=O)OCCCCCCCCCCCCCC/C=C\CCCCCCCCCCCCCCCCCCC(=O)NC(CO)C(O)/C=C/CCCCCCCCCCCCCCCCCC. The highest BCUT2D eigenvalue weighted by Gasteiger charge is 2.18. The standard InChI is InChI=1S/C72H137NO5/c1-3-5-7-9-11-13-15-16-17-18-35-38-41-45-48-52-56-60-64-70(75)69(68-74)73-71(76)65-61-57-53-49-46-42-39-36-33-31-29-27-25-23-21-19-20-22-24-26-28-30-32-34-37-40-43-47-51-55-59-63-67-78-72(77)66-62-58-54-50-44-14-12-10-8-6-4-2/h10,12,22,24,60,64,69-70,74-75H,3-9,11,13-21,23,25-59,61-63,65-68H2,1-2H3,(H,73,76)/b12-10-,24-22-,64-60+. The minimum atomic E-state index is -0.843. The fourth-order valence-electron chi connectivity index (χ4n) is 11.0. The van der Waals surface area contributed by atoms with Crippen LogP contribution in [0.25, 0.3) is 0 Å². The van der Waals surface area contributed by atoms with Gasteiger partial charge in [-0.3, -0.25) is 9.59 Å². The lowest BCUT2D eigenvalue weighted by Gasteiger charge is -2.20. The predicted octanol–water partition coefficient (Wildman–Crippen LogP) is 22.7. The molecule has 0 aliphatic heterocycles. The zero-order valence-electron chi connectivity index (χ0n) is 52.7. The van der Waals surface area contributed by atoms with Crippen LogP contribution in [0.4, 0.5) is 0 Å². The monoisotopic (exact) mass is 1100 g/mol. The largest absolute Gasteiger partial charge is 0.466 e. The normalized spacial score (nSPS) is 12.7.